The molecule has 1 saturated carbocycles. The maximum Gasteiger partial charge on any atom is 0.140 e. The molecule has 0 bridgehead atoms. The topological polar surface area (TPSA) is 46.0 Å². The molecule has 1 atom stereocenters. The van der Waals surface area contributed by atoms with Gasteiger partial charge in [0.05, 0.1) is 6.54 Å². The second-order valence-electron chi connectivity index (χ2n) is 4.87. The van der Waals surface area contributed by atoms with E-state index in [2.05, 4.69) is 41.2 Å². The Balaban J connectivity index is 1.71. The predicted octanol–water partition coefficient (Wildman–Crippen LogP) is 0.870. The Hall–Kier alpha value is -0.940. The smallest absolute Gasteiger partial charge is 0.140 e. The number of aromatic nitrogens is 3. The van der Waals surface area contributed by atoms with Gasteiger partial charge in [0.1, 0.15) is 12.2 Å². The third kappa shape index (κ3) is 3.26. The van der Waals surface area contributed by atoms with Crippen molar-refractivity contribution in [1.82, 2.24) is 25.0 Å². The van der Waals surface area contributed by atoms with Crippen LogP contribution in [-0.4, -0.2) is 45.3 Å². The molecule has 2 rings (SSSR count). The summed E-state index contributed by atoms with van der Waals surface area (Å²) in [5.74, 6) is 1.02. The first kappa shape index (κ1) is 12.5. The van der Waals surface area contributed by atoms with E-state index in [-0.39, 0.29) is 0 Å². The van der Waals surface area contributed by atoms with Crippen LogP contribution in [0, 0.1) is 0 Å². The maximum absolute atomic E-state index is 4.25. The van der Waals surface area contributed by atoms with Crippen LogP contribution in [0.15, 0.2) is 6.33 Å². The van der Waals surface area contributed by atoms with Crippen LogP contribution in [-0.2, 0) is 13.1 Å². The fraction of sp³-hybridized carbons (Fsp3) is 0.833. The third-order valence-corrected chi connectivity index (χ3v) is 3.54. The molecule has 1 aliphatic rings. The van der Waals surface area contributed by atoms with Gasteiger partial charge in [0.25, 0.3) is 0 Å². The van der Waals surface area contributed by atoms with E-state index in [0.29, 0.717) is 6.04 Å². The number of aryl methyl sites for hydroxylation is 1. The minimum absolute atomic E-state index is 0.584. The standard InChI is InChI=1S/C12H23N5/c1-4-17-12(14-9-15-17)8-13-7-10(2)16(3)11-5-6-11/h9-11,13H,4-8H2,1-3H3. The molecule has 0 spiro atoms. The van der Waals surface area contributed by atoms with Gasteiger partial charge in [-0.15, -0.1) is 0 Å². The van der Waals surface area contributed by atoms with E-state index in [4.69, 9.17) is 0 Å². The number of hydrogen-bond donors (Lipinski definition) is 1. The molecule has 96 valence electrons. The minimum atomic E-state index is 0.584. The number of likely N-dealkylation sites (N-methyl/N-ethyl adjacent to an activating group) is 1. The maximum atomic E-state index is 4.25. The van der Waals surface area contributed by atoms with Gasteiger partial charge in [0.15, 0.2) is 0 Å². The van der Waals surface area contributed by atoms with Crippen LogP contribution < -0.4 is 5.32 Å². The highest BCUT2D eigenvalue weighted by atomic mass is 15.3. The van der Waals surface area contributed by atoms with Crippen molar-refractivity contribution in [2.24, 2.45) is 0 Å². The fourth-order valence-corrected chi connectivity index (χ4v) is 2.07. The summed E-state index contributed by atoms with van der Waals surface area (Å²) < 4.78 is 1.93. The van der Waals surface area contributed by atoms with E-state index in [0.717, 1.165) is 31.5 Å². The first-order valence-corrected chi connectivity index (χ1v) is 6.51. The zero-order valence-electron chi connectivity index (χ0n) is 11.1. The summed E-state index contributed by atoms with van der Waals surface area (Å²) >= 11 is 0. The van der Waals surface area contributed by atoms with Crippen molar-refractivity contribution < 1.29 is 0 Å². The second-order valence-corrected chi connectivity index (χ2v) is 4.87. The molecular weight excluding hydrogens is 214 g/mol. The fourth-order valence-electron chi connectivity index (χ4n) is 2.07. The molecule has 5 heteroatoms. The molecule has 17 heavy (non-hydrogen) atoms. The highest BCUT2D eigenvalue weighted by Gasteiger charge is 2.28. The van der Waals surface area contributed by atoms with E-state index in [1.165, 1.54) is 12.8 Å². The van der Waals surface area contributed by atoms with Crippen LogP contribution in [0.25, 0.3) is 0 Å². The van der Waals surface area contributed by atoms with Crippen LogP contribution >= 0.6 is 0 Å². The molecule has 0 amide bonds. The SMILES string of the molecule is CCn1ncnc1CNCC(C)N(C)C1CC1. The van der Waals surface area contributed by atoms with Gasteiger partial charge < -0.3 is 5.32 Å². The lowest BCUT2D eigenvalue weighted by atomic mass is 10.3. The quantitative estimate of drug-likeness (QED) is 0.764. The van der Waals surface area contributed by atoms with E-state index >= 15 is 0 Å². The molecule has 1 aliphatic carbocycles. The van der Waals surface area contributed by atoms with Gasteiger partial charge in [0.2, 0.25) is 0 Å². The number of rotatable bonds is 7. The average Bonchev–Trinajstić information content (AvgIpc) is 3.08. The van der Waals surface area contributed by atoms with Gasteiger partial charge in [-0.25, -0.2) is 9.67 Å². The summed E-state index contributed by atoms with van der Waals surface area (Å²) in [5.41, 5.74) is 0. The van der Waals surface area contributed by atoms with Gasteiger partial charge in [-0.2, -0.15) is 5.10 Å². The first-order valence-electron chi connectivity index (χ1n) is 6.51. The summed E-state index contributed by atoms with van der Waals surface area (Å²) in [7, 11) is 2.22. The Morgan fingerprint density at radius 2 is 2.35 bits per heavy atom. The Morgan fingerprint density at radius 3 is 3.00 bits per heavy atom. The van der Waals surface area contributed by atoms with Gasteiger partial charge in [-0.05, 0) is 33.7 Å². The number of nitrogens with zero attached hydrogens (tertiary/aromatic N) is 4. The summed E-state index contributed by atoms with van der Waals surface area (Å²) in [6.45, 7) is 7.05. The monoisotopic (exact) mass is 237 g/mol. The van der Waals surface area contributed by atoms with E-state index in [1.807, 2.05) is 4.68 Å². The minimum Gasteiger partial charge on any atom is -0.308 e. The second kappa shape index (κ2) is 5.60. The van der Waals surface area contributed by atoms with E-state index < -0.39 is 0 Å². The summed E-state index contributed by atoms with van der Waals surface area (Å²) in [6.07, 6.45) is 4.36. The van der Waals surface area contributed by atoms with Crippen LogP contribution in [0.2, 0.25) is 0 Å². The van der Waals surface area contributed by atoms with E-state index in [1.54, 1.807) is 6.33 Å². The van der Waals surface area contributed by atoms with Gasteiger partial charge in [0, 0.05) is 25.2 Å². The lowest BCUT2D eigenvalue weighted by Gasteiger charge is -2.24. The molecule has 0 saturated heterocycles. The molecule has 1 fully saturated rings. The zero-order valence-corrected chi connectivity index (χ0v) is 11.1. The highest BCUT2D eigenvalue weighted by molar-refractivity contribution is 4.87. The molecule has 0 aromatic carbocycles. The Kier molecular flexibility index (Phi) is 4.12. The van der Waals surface area contributed by atoms with Gasteiger partial charge in [-0.1, -0.05) is 0 Å². The lowest BCUT2D eigenvalue weighted by Crippen LogP contribution is -2.39. The highest BCUT2D eigenvalue weighted by Crippen LogP contribution is 2.26. The van der Waals surface area contributed by atoms with Crippen molar-refractivity contribution in [3.63, 3.8) is 0 Å². The van der Waals surface area contributed by atoms with Crippen LogP contribution in [0.4, 0.5) is 0 Å². The van der Waals surface area contributed by atoms with Crippen molar-refractivity contribution in [2.45, 2.75) is 51.9 Å². The molecule has 1 aromatic rings. The number of hydrogen-bond acceptors (Lipinski definition) is 4. The predicted molar refractivity (Wildman–Crippen MR) is 67.6 cm³/mol. The van der Waals surface area contributed by atoms with Crippen molar-refractivity contribution in [1.29, 1.82) is 0 Å². The summed E-state index contributed by atoms with van der Waals surface area (Å²) in [6, 6.07) is 1.41. The number of nitrogens with one attached hydrogen (secondary N) is 1. The Morgan fingerprint density at radius 1 is 1.59 bits per heavy atom. The van der Waals surface area contributed by atoms with Gasteiger partial charge >= 0.3 is 0 Å². The lowest BCUT2D eigenvalue weighted by molar-refractivity contribution is 0.240. The van der Waals surface area contributed by atoms with E-state index in [9.17, 15) is 0 Å². The molecule has 1 N–H and O–H groups in total. The van der Waals surface area contributed by atoms with Crippen molar-refractivity contribution in [2.75, 3.05) is 13.6 Å². The Bertz CT molecular complexity index is 344. The molecule has 0 aliphatic heterocycles. The molecule has 5 nitrogen and oxygen atoms in total. The average molecular weight is 237 g/mol. The van der Waals surface area contributed by atoms with Crippen molar-refractivity contribution in [3.05, 3.63) is 12.2 Å². The van der Waals surface area contributed by atoms with Crippen LogP contribution in [0.5, 0.6) is 0 Å². The summed E-state index contributed by atoms with van der Waals surface area (Å²) in [5, 5.41) is 7.62. The zero-order chi connectivity index (χ0) is 12.3. The van der Waals surface area contributed by atoms with Crippen molar-refractivity contribution in [3.8, 4) is 0 Å². The van der Waals surface area contributed by atoms with Gasteiger partial charge in [-0.3, -0.25) is 4.90 Å². The first-order chi connectivity index (χ1) is 8.22. The molecule has 1 aromatic heterocycles. The van der Waals surface area contributed by atoms with Crippen LogP contribution in [0.3, 0.4) is 0 Å². The third-order valence-electron chi connectivity index (χ3n) is 3.54. The largest absolute Gasteiger partial charge is 0.308 e. The molecular formula is C12H23N5. The summed E-state index contributed by atoms with van der Waals surface area (Å²) in [4.78, 5) is 6.72. The molecule has 1 unspecified atom stereocenters. The van der Waals surface area contributed by atoms with Crippen LogP contribution in [0.1, 0.15) is 32.5 Å². The van der Waals surface area contributed by atoms with Crippen molar-refractivity contribution >= 4 is 0 Å². The Labute approximate surface area is 103 Å². The molecule has 0 radical (unpaired) electrons. The normalized spacial score (nSPS) is 17.6. The molecule has 1 heterocycles.